The Labute approximate surface area is 261 Å². The third-order valence-electron chi connectivity index (χ3n) is 5.17. The molecule has 37 heavy (non-hydrogen) atoms. The van der Waals surface area contributed by atoms with Crippen LogP contribution < -0.4 is 0 Å². The molecule has 5 radical (unpaired) electrons. The number of rotatable bonds is 3. The Morgan fingerprint density at radius 3 is 2.08 bits per heavy atom. The van der Waals surface area contributed by atoms with E-state index in [1.165, 1.54) is 5.56 Å². The molecule has 0 unspecified atom stereocenters. The Hall–Kier alpha value is -2.29. The molecule has 0 amide bonds. The maximum atomic E-state index is 4.39. The predicted molar refractivity (Wildman–Crippen MR) is 142 cm³/mol. The van der Waals surface area contributed by atoms with Crippen LogP contribution in [0.3, 0.4) is 0 Å². The summed E-state index contributed by atoms with van der Waals surface area (Å²) in [5, 5.41) is 0. The van der Waals surface area contributed by atoms with Gasteiger partial charge in [0.2, 0.25) is 0 Å². The van der Waals surface area contributed by atoms with Gasteiger partial charge in [0.15, 0.2) is 0 Å². The van der Waals surface area contributed by atoms with Crippen molar-refractivity contribution in [2.45, 2.75) is 26.2 Å². The molecule has 3 aromatic heterocycles. The van der Waals surface area contributed by atoms with Gasteiger partial charge in [-0.25, -0.2) is 6.07 Å². The van der Waals surface area contributed by atoms with Crippen LogP contribution in [0, 0.1) is 24.4 Å². The molecule has 5 rings (SSSR count). The van der Waals surface area contributed by atoms with E-state index in [0.29, 0.717) is 0 Å². The topological polar surface area (TPSA) is 38.7 Å². The van der Waals surface area contributed by atoms with Crippen molar-refractivity contribution in [1.82, 2.24) is 15.0 Å². The molecule has 6 heteroatoms. The molecule has 0 saturated carbocycles. The molecule has 0 bridgehead atoms. The van der Waals surface area contributed by atoms with E-state index < -0.39 is 0 Å². The van der Waals surface area contributed by atoms with Crippen molar-refractivity contribution in [3.05, 3.63) is 127 Å². The minimum Gasteiger partial charge on any atom is -0.360 e. The van der Waals surface area contributed by atoms with Crippen LogP contribution in [0.25, 0.3) is 33.6 Å². The fourth-order valence-corrected chi connectivity index (χ4v) is 3.30. The number of nitrogens with zero attached hydrogens (tertiary/aromatic N) is 3. The predicted octanol–water partition coefficient (Wildman–Crippen LogP) is 6.67. The summed E-state index contributed by atoms with van der Waals surface area (Å²) >= 11 is 0. The molecule has 2 aromatic carbocycles. The summed E-state index contributed by atoms with van der Waals surface area (Å²) in [6.07, 6.45) is 8.29. The van der Waals surface area contributed by atoms with Crippen molar-refractivity contribution >= 4 is 8.41 Å². The van der Waals surface area contributed by atoms with Gasteiger partial charge in [-0.15, -0.1) is 54.1 Å². The number of hydrogen-bond donors (Lipinski definition) is 0. The fourth-order valence-electron chi connectivity index (χ4n) is 3.30. The minimum absolute atomic E-state index is 0. The summed E-state index contributed by atoms with van der Waals surface area (Å²) in [7, 11) is 0. The van der Waals surface area contributed by atoms with Crippen LogP contribution in [0.5, 0.6) is 0 Å². The average Bonchev–Trinajstić information content (AvgIpc) is 2.90. The van der Waals surface area contributed by atoms with Gasteiger partial charge >= 0.3 is 0 Å². The van der Waals surface area contributed by atoms with Crippen molar-refractivity contribution < 1.29 is 52.8 Å². The summed E-state index contributed by atoms with van der Waals surface area (Å²) in [6, 6.07) is 35.2. The van der Waals surface area contributed by atoms with E-state index in [2.05, 4.69) is 72.3 Å². The molecule has 0 saturated heterocycles. The van der Waals surface area contributed by atoms with Gasteiger partial charge in [-0.3, -0.25) is 23.3 Å². The van der Waals surface area contributed by atoms with Crippen molar-refractivity contribution in [2.75, 3.05) is 0 Å². The summed E-state index contributed by atoms with van der Waals surface area (Å²) in [5.74, 6) is 0. The summed E-state index contributed by atoms with van der Waals surface area (Å²) in [5.41, 5.74) is 7.09. The van der Waals surface area contributed by atoms with Crippen LogP contribution in [-0.4, -0.2) is 23.4 Å². The standard InChI is InChI=1S/C16H9N2.C15H16N.B.Ir.Y/c1-2-10-18-16(8-1)14-6-3-5-13(11-14)15-7-4-9-17-12-15;1-15(2,3)13-9-10-16-14(11-13)12-7-5-4-6-8-12;;;/h1-5,7-10H;4-7,9-11H,1-3H3;;;/q-3;-1;;;. The van der Waals surface area contributed by atoms with Crippen LogP contribution in [0.15, 0.2) is 97.5 Å². The molecule has 0 aliphatic carbocycles. The zero-order valence-electron chi connectivity index (χ0n) is 21.1. The van der Waals surface area contributed by atoms with Crippen molar-refractivity contribution in [3.63, 3.8) is 0 Å². The monoisotopic (exact) mass is 732 g/mol. The Morgan fingerprint density at radius 2 is 1.43 bits per heavy atom. The van der Waals surface area contributed by atoms with E-state index in [1.807, 2.05) is 72.9 Å². The van der Waals surface area contributed by atoms with E-state index >= 15 is 0 Å². The van der Waals surface area contributed by atoms with Gasteiger partial charge in [0.1, 0.15) is 0 Å². The van der Waals surface area contributed by atoms with Crippen LogP contribution in [0.1, 0.15) is 26.3 Å². The van der Waals surface area contributed by atoms with E-state index in [0.717, 1.165) is 33.6 Å². The third-order valence-corrected chi connectivity index (χ3v) is 5.17. The number of pyridine rings is 3. The van der Waals surface area contributed by atoms with Crippen LogP contribution in [0.4, 0.5) is 0 Å². The second-order valence-corrected chi connectivity index (χ2v) is 8.73. The molecule has 3 heterocycles. The molecule has 5 aromatic rings. The molecule has 0 fully saturated rings. The fraction of sp³-hybridized carbons (Fsp3) is 0.129. The van der Waals surface area contributed by atoms with Gasteiger partial charge in [-0.1, -0.05) is 44.8 Å². The van der Waals surface area contributed by atoms with E-state index in [1.54, 1.807) is 12.4 Å². The first-order chi connectivity index (χ1) is 16.5. The molecule has 0 aliphatic heterocycles. The molecule has 0 atom stereocenters. The van der Waals surface area contributed by atoms with Crippen molar-refractivity contribution in [2.24, 2.45) is 0 Å². The number of aromatic nitrogens is 3. The SMILES string of the molecule is CC(C)(C)c1ccnc(-c2[c-]cccc2)c1.[B].[Ir].[Y].[c-]1ccc(-c2[c-]nccc2)[c-]c1-c1ccccn1. The first kappa shape index (κ1) is 32.7. The zero-order valence-corrected chi connectivity index (χ0v) is 26.3. The largest absolute Gasteiger partial charge is 0.360 e. The maximum Gasteiger partial charge on any atom is 0.0163 e. The van der Waals surface area contributed by atoms with Gasteiger partial charge in [-0.2, -0.15) is 5.56 Å². The van der Waals surface area contributed by atoms with Crippen molar-refractivity contribution in [3.8, 4) is 33.6 Å². The first-order valence-corrected chi connectivity index (χ1v) is 11.1. The van der Waals surface area contributed by atoms with Crippen LogP contribution >= 0.6 is 0 Å². The van der Waals surface area contributed by atoms with Gasteiger partial charge in [-0.05, 0) is 35.0 Å². The van der Waals surface area contributed by atoms with Crippen molar-refractivity contribution in [1.29, 1.82) is 0 Å². The third kappa shape index (κ3) is 9.51. The Kier molecular flexibility index (Phi) is 14.0. The van der Waals surface area contributed by atoms with Crippen LogP contribution in [0.2, 0.25) is 0 Å². The van der Waals surface area contributed by atoms with Gasteiger partial charge in [0.25, 0.3) is 0 Å². The molecular formula is C31H25BIrN3Y-4. The Balaban J connectivity index is 0.000000344. The second kappa shape index (κ2) is 15.8. The summed E-state index contributed by atoms with van der Waals surface area (Å²) in [4.78, 5) is 12.7. The van der Waals surface area contributed by atoms with Gasteiger partial charge in [0, 0.05) is 73.6 Å². The number of benzene rings is 2. The molecule has 3 nitrogen and oxygen atoms in total. The Bertz CT molecular complexity index is 1270. The Morgan fingerprint density at radius 1 is 0.676 bits per heavy atom. The minimum atomic E-state index is 0. The normalized spacial score (nSPS) is 9.92. The molecule has 0 N–H and O–H groups in total. The molecule has 183 valence electrons. The summed E-state index contributed by atoms with van der Waals surface area (Å²) in [6.45, 7) is 6.63. The van der Waals surface area contributed by atoms with E-state index in [4.69, 9.17) is 0 Å². The quantitative estimate of drug-likeness (QED) is 0.154. The smallest absolute Gasteiger partial charge is 0.0163 e. The molecule has 0 aliphatic rings. The zero-order chi connectivity index (χ0) is 23.8. The summed E-state index contributed by atoms with van der Waals surface area (Å²) < 4.78 is 0. The van der Waals surface area contributed by atoms with Gasteiger partial charge in [0.05, 0.1) is 0 Å². The molecular weight excluding hydrogens is 706 g/mol. The molecule has 0 spiro atoms. The average molecular weight is 731 g/mol. The van der Waals surface area contributed by atoms with Crippen LogP contribution in [-0.2, 0) is 58.2 Å². The number of hydrogen-bond acceptors (Lipinski definition) is 3. The maximum absolute atomic E-state index is 4.39. The van der Waals surface area contributed by atoms with E-state index in [9.17, 15) is 0 Å². The van der Waals surface area contributed by atoms with E-state index in [-0.39, 0.29) is 66.6 Å². The first-order valence-electron chi connectivity index (χ1n) is 11.1. The second-order valence-electron chi connectivity index (χ2n) is 8.73. The van der Waals surface area contributed by atoms with Gasteiger partial charge < -0.3 is 21.0 Å².